The number of hydrogen-bond donors (Lipinski definition) is 0. The molecule has 0 aliphatic heterocycles. The third kappa shape index (κ3) is 7.04. The van der Waals surface area contributed by atoms with Crippen LogP contribution in [-0.4, -0.2) is 18.6 Å². The van der Waals surface area contributed by atoms with Crippen LogP contribution in [0, 0.1) is 0 Å². The summed E-state index contributed by atoms with van der Waals surface area (Å²) in [6.45, 7) is 4.60. The van der Waals surface area contributed by atoms with Crippen molar-refractivity contribution in [3.8, 4) is 0 Å². The van der Waals surface area contributed by atoms with E-state index in [4.69, 9.17) is 4.74 Å². The van der Waals surface area contributed by atoms with E-state index in [0.717, 1.165) is 18.4 Å². The predicted octanol–water partition coefficient (Wildman–Crippen LogP) is 4.35. The number of carbonyl (C=O) groups is 1. The van der Waals surface area contributed by atoms with E-state index in [9.17, 15) is 4.79 Å². The van der Waals surface area contributed by atoms with E-state index in [-0.39, 0.29) is 6.10 Å². The first kappa shape index (κ1) is 18.5. The summed E-state index contributed by atoms with van der Waals surface area (Å²) >= 11 is 0. The summed E-state index contributed by atoms with van der Waals surface area (Å²) < 4.78 is 5.89. The number of carbonyl (C=O) groups excluding carboxylic acids is 1. The van der Waals surface area contributed by atoms with Crippen molar-refractivity contribution in [2.75, 3.05) is 6.54 Å². The van der Waals surface area contributed by atoms with Gasteiger partial charge in [-0.15, -0.1) is 6.58 Å². The van der Waals surface area contributed by atoms with Crippen LogP contribution in [0.1, 0.15) is 28.8 Å². The van der Waals surface area contributed by atoms with E-state index in [1.54, 1.807) is 24.3 Å². The molecule has 0 saturated carbocycles. The largest absolute Gasteiger partial charge is 0.371 e. The molecule has 2 rings (SSSR count). The van der Waals surface area contributed by atoms with E-state index in [1.807, 2.05) is 42.5 Å². The molecule has 0 radical (unpaired) electrons. The van der Waals surface area contributed by atoms with Gasteiger partial charge in [-0.05, 0) is 30.5 Å². The van der Waals surface area contributed by atoms with Crippen LogP contribution in [0.15, 0.2) is 83.5 Å². The van der Waals surface area contributed by atoms with E-state index >= 15 is 0 Å². The van der Waals surface area contributed by atoms with Crippen LogP contribution in [-0.2, 0) is 11.3 Å². The normalized spacial score (nSPS) is 11.2. The van der Waals surface area contributed by atoms with Gasteiger partial charge in [-0.2, -0.15) is 0 Å². The Balaban J connectivity index is 1.88. The lowest BCUT2D eigenvalue weighted by Gasteiger charge is -2.12. The summed E-state index contributed by atoms with van der Waals surface area (Å²) in [6.07, 6.45) is 3.38. The number of rotatable bonds is 9. The molecule has 5 heteroatoms. The Hall–Kier alpha value is -2.88. The van der Waals surface area contributed by atoms with Crippen LogP contribution in [0.5, 0.6) is 0 Å². The predicted molar refractivity (Wildman–Crippen MR) is 97.1 cm³/mol. The van der Waals surface area contributed by atoms with Crippen molar-refractivity contribution in [2.24, 2.45) is 10.2 Å². The first-order valence-corrected chi connectivity index (χ1v) is 8.23. The molecule has 0 saturated heterocycles. The van der Waals surface area contributed by atoms with Gasteiger partial charge in [-0.1, -0.05) is 54.6 Å². The number of ether oxygens (including phenoxy) is 1. The standard InChI is InChI=1S/C20H22N3O2/c1-2-3-14-19(25-16-17-10-6-4-7-11-17)15-21-23-22-20(24)18-12-8-5-9-13-18/h2,4-13,19H,1,3,14-16H2/q+1/t19-/m0/s1. The molecule has 0 unspecified atom stereocenters. The third-order valence-corrected chi connectivity index (χ3v) is 3.53. The van der Waals surface area contributed by atoms with Crippen LogP contribution in [0.4, 0.5) is 0 Å². The Morgan fingerprint density at radius 1 is 1.12 bits per heavy atom. The molecule has 128 valence electrons. The molecule has 0 aliphatic carbocycles. The van der Waals surface area contributed by atoms with Crippen LogP contribution in [0.3, 0.4) is 0 Å². The topological polar surface area (TPSA) is 65.1 Å². The van der Waals surface area contributed by atoms with Gasteiger partial charge in [0.15, 0.2) is 0 Å². The molecule has 0 spiro atoms. The van der Waals surface area contributed by atoms with Gasteiger partial charge in [0.25, 0.3) is 0 Å². The molecule has 25 heavy (non-hydrogen) atoms. The molecule has 0 bridgehead atoms. The number of amides is 1. The fraction of sp³-hybridized carbons (Fsp3) is 0.250. The molecule has 5 nitrogen and oxygen atoms in total. The Labute approximate surface area is 147 Å². The van der Waals surface area contributed by atoms with Crippen LogP contribution in [0.2, 0.25) is 0 Å². The zero-order valence-corrected chi connectivity index (χ0v) is 14.1. The average Bonchev–Trinajstić information content (AvgIpc) is 2.68. The minimum atomic E-state index is -0.405. The lowest BCUT2D eigenvalue weighted by molar-refractivity contribution is 0.0407. The van der Waals surface area contributed by atoms with Crippen LogP contribution in [0.25, 0.3) is 0 Å². The van der Waals surface area contributed by atoms with E-state index in [2.05, 4.69) is 21.7 Å². The highest BCUT2D eigenvalue weighted by Crippen LogP contribution is 2.08. The molecule has 1 amide bonds. The van der Waals surface area contributed by atoms with Crippen molar-refractivity contribution in [1.82, 2.24) is 4.91 Å². The highest BCUT2D eigenvalue weighted by Gasteiger charge is 2.12. The molecular weight excluding hydrogens is 314 g/mol. The second-order valence-corrected chi connectivity index (χ2v) is 5.47. The summed E-state index contributed by atoms with van der Waals surface area (Å²) in [6, 6.07) is 18.7. The zero-order chi connectivity index (χ0) is 17.7. The van der Waals surface area contributed by atoms with E-state index < -0.39 is 5.91 Å². The summed E-state index contributed by atoms with van der Waals surface area (Å²) in [7, 11) is 0. The fourth-order valence-corrected chi connectivity index (χ4v) is 2.16. The Morgan fingerprint density at radius 2 is 1.80 bits per heavy atom. The maximum Gasteiger partial charge on any atom is 0.360 e. The molecule has 0 fully saturated rings. The van der Waals surface area contributed by atoms with Crippen molar-refractivity contribution in [3.05, 3.63) is 84.4 Å². The van der Waals surface area contributed by atoms with Crippen molar-refractivity contribution in [1.29, 1.82) is 0 Å². The third-order valence-electron chi connectivity index (χ3n) is 3.53. The first-order chi connectivity index (χ1) is 12.3. The Bertz CT molecular complexity index is 723. The van der Waals surface area contributed by atoms with Crippen LogP contribution < -0.4 is 4.91 Å². The molecule has 0 heterocycles. The summed E-state index contributed by atoms with van der Waals surface area (Å²) in [4.78, 5) is 15.5. The lowest BCUT2D eigenvalue weighted by atomic mass is 10.2. The van der Waals surface area contributed by atoms with Gasteiger partial charge < -0.3 is 4.74 Å². The minimum Gasteiger partial charge on any atom is -0.371 e. The van der Waals surface area contributed by atoms with Crippen LogP contribution >= 0.6 is 0 Å². The number of benzene rings is 2. The first-order valence-electron chi connectivity index (χ1n) is 8.23. The highest BCUT2D eigenvalue weighted by atomic mass is 16.5. The van der Waals surface area contributed by atoms with Gasteiger partial charge in [0.1, 0.15) is 11.7 Å². The summed E-state index contributed by atoms with van der Waals surface area (Å²) in [5.41, 5.74) is 1.59. The second-order valence-electron chi connectivity index (χ2n) is 5.47. The van der Waals surface area contributed by atoms with E-state index in [0.29, 0.717) is 18.7 Å². The fourth-order valence-electron chi connectivity index (χ4n) is 2.16. The zero-order valence-electron chi connectivity index (χ0n) is 14.1. The quantitative estimate of drug-likeness (QED) is 0.388. The molecule has 0 aromatic heterocycles. The van der Waals surface area contributed by atoms with Gasteiger partial charge in [0.2, 0.25) is 10.0 Å². The SMILES string of the molecule is C=CCC[C@@H](CN=[N+]=NC(=O)c1ccccc1)OCc1ccccc1. The molecule has 2 aromatic carbocycles. The summed E-state index contributed by atoms with van der Waals surface area (Å²) in [5, 5.41) is 7.59. The van der Waals surface area contributed by atoms with Gasteiger partial charge >= 0.3 is 5.91 Å². The lowest BCUT2D eigenvalue weighted by Crippen LogP contribution is -2.16. The van der Waals surface area contributed by atoms with Crippen molar-refractivity contribution in [3.63, 3.8) is 0 Å². The number of allylic oxidation sites excluding steroid dienone is 1. The van der Waals surface area contributed by atoms with Gasteiger partial charge in [0.05, 0.1) is 12.7 Å². The number of hydrogen-bond acceptors (Lipinski definition) is 3. The smallest absolute Gasteiger partial charge is 0.360 e. The second kappa shape index (κ2) is 10.8. The van der Waals surface area contributed by atoms with Crippen molar-refractivity contribution in [2.45, 2.75) is 25.6 Å². The Morgan fingerprint density at radius 3 is 2.48 bits per heavy atom. The van der Waals surface area contributed by atoms with Crippen molar-refractivity contribution < 1.29 is 9.53 Å². The highest BCUT2D eigenvalue weighted by molar-refractivity contribution is 5.94. The van der Waals surface area contributed by atoms with E-state index in [1.165, 1.54) is 0 Å². The van der Waals surface area contributed by atoms with Gasteiger partial charge in [-0.3, -0.25) is 4.79 Å². The van der Waals surface area contributed by atoms with Gasteiger partial charge in [-0.25, -0.2) is 0 Å². The van der Waals surface area contributed by atoms with Crippen molar-refractivity contribution >= 4 is 5.91 Å². The molecule has 0 aliphatic rings. The molecule has 1 atom stereocenters. The summed E-state index contributed by atoms with van der Waals surface area (Å²) in [5.74, 6) is -0.405. The molecule has 0 N–H and O–H groups in total. The Kier molecular flexibility index (Phi) is 7.98. The molecular formula is C20H22N3O2+. The maximum absolute atomic E-state index is 11.8. The average molecular weight is 336 g/mol. The number of nitrogens with zero attached hydrogens (tertiary/aromatic N) is 3. The molecule has 2 aromatic rings. The minimum absolute atomic E-state index is 0.0935. The van der Waals surface area contributed by atoms with Gasteiger partial charge in [0, 0.05) is 5.56 Å². The maximum atomic E-state index is 11.8. The monoisotopic (exact) mass is 336 g/mol.